The summed E-state index contributed by atoms with van der Waals surface area (Å²) in [6, 6.07) is 4.70. The lowest BCUT2D eigenvalue weighted by molar-refractivity contribution is 0.0925. The molecular formula is C13H16BrFN2O. The topological polar surface area (TPSA) is 41.1 Å². The first-order valence-electron chi connectivity index (χ1n) is 6.05. The van der Waals surface area contributed by atoms with Crippen molar-refractivity contribution < 1.29 is 9.18 Å². The second-order valence-electron chi connectivity index (χ2n) is 4.67. The summed E-state index contributed by atoms with van der Waals surface area (Å²) in [5, 5.41) is 6.33. The van der Waals surface area contributed by atoms with Gasteiger partial charge in [0.25, 0.3) is 5.91 Å². The van der Waals surface area contributed by atoms with Crippen LogP contribution >= 0.6 is 15.9 Å². The average molecular weight is 315 g/mol. The number of hydrogen-bond acceptors (Lipinski definition) is 2. The lowest BCUT2D eigenvalue weighted by Gasteiger charge is -2.28. The van der Waals surface area contributed by atoms with Crippen molar-refractivity contribution >= 4 is 21.8 Å². The summed E-state index contributed by atoms with van der Waals surface area (Å²) in [5.41, 5.74) is 0.475. The van der Waals surface area contributed by atoms with E-state index >= 15 is 0 Å². The van der Waals surface area contributed by atoms with Crippen LogP contribution in [-0.2, 0) is 0 Å². The molecule has 0 aliphatic carbocycles. The molecule has 2 unspecified atom stereocenters. The Morgan fingerprint density at radius 2 is 2.33 bits per heavy atom. The molecule has 1 saturated heterocycles. The first-order valence-corrected chi connectivity index (χ1v) is 6.85. The van der Waals surface area contributed by atoms with Gasteiger partial charge >= 0.3 is 0 Å². The first kappa shape index (κ1) is 13.5. The Morgan fingerprint density at radius 3 is 3.00 bits per heavy atom. The molecule has 1 amide bonds. The van der Waals surface area contributed by atoms with Gasteiger partial charge in [0.15, 0.2) is 0 Å². The monoisotopic (exact) mass is 314 g/mol. The number of hydrogen-bond donors (Lipinski definition) is 2. The molecule has 1 aliphatic rings. The van der Waals surface area contributed by atoms with E-state index in [1.54, 1.807) is 0 Å². The van der Waals surface area contributed by atoms with Gasteiger partial charge in [0.2, 0.25) is 0 Å². The van der Waals surface area contributed by atoms with Crippen molar-refractivity contribution in [1.82, 2.24) is 10.6 Å². The fraction of sp³-hybridized carbons (Fsp3) is 0.462. The summed E-state index contributed by atoms with van der Waals surface area (Å²) in [5.74, 6) is -0.505. The van der Waals surface area contributed by atoms with Gasteiger partial charge < -0.3 is 10.6 Å². The Balaban J connectivity index is 2.03. The molecule has 0 radical (unpaired) electrons. The van der Waals surface area contributed by atoms with Crippen LogP contribution in [0.3, 0.4) is 0 Å². The molecule has 1 aliphatic heterocycles. The summed E-state index contributed by atoms with van der Waals surface area (Å²) in [6.45, 7) is 3.02. The molecule has 0 spiro atoms. The second-order valence-corrected chi connectivity index (χ2v) is 5.53. The predicted octanol–water partition coefficient (Wildman–Crippen LogP) is 2.46. The van der Waals surface area contributed by atoms with Crippen LogP contribution < -0.4 is 10.6 Å². The van der Waals surface area contributed by atoms with Crippen LogP contribution in [0.5, 0.6) is 0 Å². The van der Waals surface area contributed by atoms with E-state index in [4.69, 9.17) is 0 Å². The normalized spacial score (nSPS) is 23.7. The summed E-state index contributed by atoms with van der Waals surface area (Å²) in [4.78, 5) is 12.1. The maximum Gasteiger partial charge on any atom is 0.252 e. The van der Waals surface area contributed by atoms with Gasteiger partial charge in [0, 0.05) is 16.6 Å². The summed E-state index contributed by atoms with van der Waals surface area (Å²) >= 11 is 3.21. The first-order chi connectivity index (χ1) is 8.56. The Bertz CT molecular complexity index is 453. The molecule has 5 heteroatoms. The van der Waals surface area contributed by atoms with Gasteiger partial charge in [-0.15, -0.1) is 0 Å². The third-order valence-electron chi connectivity index (χ3n) is 3.13. The molecule has 2 N–H and O–H groups in total. The van der Waals surface area contributed by atoms with Gasteiger partial charge in [0.05, 0.1) is 5.56 Å². The van der Waals surface area contributed by atoms with Gasteiger partial charge in [-0.1, -0.05) is 0 Å². The number of piperidine rings is 1. The Hall–Kier alpha value is -0.940. The summed E-state index contributed by atoms with van der Waals surface area (Å²) in [7, 11) is 0. The Labute approximate surface area is 114 Å². The maximum atomic E-state index is 13.0. The predicted molar refractivity (Wildman–Crippen MR) is 72.1 cm³/mol. The standard InChI is InChI=1S/C13H16BrFN2O/c1-8-6-10(4-5-16-8)17-13(18)11-3-2-9(15)7-12(11)14/h2-3,7-8,10,16H,4-6H2,1H3,(H,17,18). The van der Waals surface area contributed by atoms with Crippen molar-refractivity contribution in [3.8, 4) is 0 Å². The van der Waals surface area contributed by atoms with Crippen LogP contribution in [0.15, 0.2) is 22.7 Å². The minimum absolute atomic E-state index is 0.152. The van der Waals surface area contributed by atoms with Crippen LogP contribution in [0.4, 0.5) is 4.39 Å². The van der Waals surface area contributed by atoms with E-state index in [0.717, 1.165) is 19.4 Å². The highest BCUT2D eigenvalue weighted by Gasteiger charge is 2.21. The maximum absolute atomic E-state index is 13.0. The highest BCUT2D eigenvalue weighted by molar-refractivity contribution is 9.10. The zero-order chi connectivity index (χ0) is 13.1. The van der Waals surface area contributed by atoms with E-state index in [0.29, 0.717) is 16.1 Å². The molecule has 1 aromatic rings. The molecule has 2 atom stereocenters. The molecule has 1 aromatic carbocycles. The van der Waals surface area contributed by atoms with Gasteiger partial charge in [-0.05, 0) is 60.4 Å². The fourth-order valence-electron chi connectivity index (χ4n) is 2.20. The molecule has 98 valence electrons. The lowest BCUT2D eigenvalue weighted by Crippen LogP contribution is -2.46. The van der Waals surface area contributed by atoms with Gasteiger partial charge in [0.1, 0.15) is 5.82 Å². The van der Waals surface area contributed by atoms with E-state index in [2.05, 4.69) is 33.5 Å². The SMILES string of the molecule is CC1CC(NC(=O)c2ccc(F)cc2Br)CCN1. The van der Waals surface area contributed by atoms with Gasteiger partial charge in [-0.25, -0.2) is 4.39 Å². The quantitative estimate of drug-likeness (QED) is 0.880. The number of rotatable bonds is 2. The third-order valence-corrected chi connectivity index (χ3v) is 3.79. The number of amides is 1. The van der Waals surface area contributed by atoms with Crippen molar-refractivity contribution in [1.29, 1.82) is 0 Å². The number of benzene rings is 1. The number of carbonyl (C=O) groups excluding carboxylic acids is 1. The number of halogens is 2. The molecule has 18 heavy (non-hydrogen) atoms. The second kappa shape index (κ2) is 5.80. The van der Waals surface area contributed by atoms with Crippen LogP contribution in [-0.4, -0.2) is 24.5 Å². The number of nitrogens with one attached hydrogen (secondary N) is 2. The molecule has 2 rings (SSSR count). The minimum atomic E-state index is -0.353. The molecule has 3 nitrogen and oxygen atoms in total. The molecule has 0 aromatic heterocycles. The van der Waals surface area contributed by atoms with E-state index in [1.807, 2.05) is 0 Å². The molecule has 0 bridgehead atoms. The average Bonchev–Trinajstić information content (AvgIpc) is 2.28. The lowest BCUT2D eigenvalue weighted by atomic mass is 10.0. The van der Waals surface area contributed by atoms with Crippen LogP contribution in [0.2, 0.25) is 0 Å². The zero-order valence-corrected chi connectivity index (χ0v) is 11.8. The summed E-state index contributed by atoms with van der Waals surface area (Å²) in [6.07, 6.45) is 1.85. The molecule has 1 heterocycles. The molecule has 0 saturated carbocycles. The van der Waals surface area contributed by atoms with Crippen LogP contribution in [0, 0.1) is 5.82 Å². The molecule has 1 fully saturated rings. The van der Waals surface area contributed by atoms with Gasteiger partial charge in [-0.2, -0.15) is 0 Å². The van der Waals surface area contributed by atoms with E-state index in [1.165, 1.54) is 18.2 Å². The smallest absolute Gasteiger partial charge is 0.252 e. The molecular weight excluding hydrogens is 299 g/mol. The summed E-state index contributed by atoms with van der Waals surface area (Å²) < 4.78 is 13.4. The van der Waals surface area contributed by atoms with Crippen molar-refractivity contribution in [2.75, 3.05) is 6.54 Å². The highest BCUT2D eigenvalue weighted by Crippen LogP contribution is 2.18. The van der Waals surface area contributed by atoms with Crippen molar-refractivity contribution in [3.05, 3.63) is 34.1 Å². The fourth-order valence-corrected chi connectivity index (χ4v) is 2.73. The van der Waals surface area contributed by atoms with Crippen LogP contribution in [0.1, 0.15) is 30.1 Å². The van der Waals surface area contributed by atoms with Crippen molar-refractivity contribution in [3.63, 3.8) is 0 Å². The Morgan fingerprint density at radius 1 is 1.56 bits per heavy atom. The van der Waals surface area contributed by atoms with E-state index in [9.17, 15) is 9.18 Å². The van der Waals surface area contributed by atoms with Gasteiger partial charge in [-0.3, -0.25) is 4.79 Å². The van der Waals surface area contributed by atoms with Crippen LogP contribution in [0.25, 0.3) is 0 Å². The van der Waals surface area contributed by atoms with Crippen molar-refractivity contribution in [2.24, 2.45) is 0 Å². The Kier molecular flexibility index (Phi) is 4.35. The van der Waals surface area contributed by atoms with Crippen molar-refractivity contribution in [2.45, 2.75) is 31.8 Å². The van der Waals surface area contributed by atoms with E-state index < -0.39 is 0 Å². The highest BCUT2D eigenvalue weighted by atomic mass is 79.9. The van der Waals surface area contributed by atoms with E-state index in [-0.39, 0.29) is 17.8 Å². The third kappa shape index (κ3) is 3.29. The number of carbonyl (C=O) groups is 1. The minimum Gasteiger partial charge on any atom is -0.349 e. The largest absolute Gasteiger partial charge is 0.349 e. The zero-order valence-electron chi connectivity index (χ0n) is 10.2.